The first kappa shape index (κ1) is 24.3. The molecule has 2 aromatic heterocycles. The summed E-state index contributed by atoms with van der Waals surface area (Å²) in [7, 11) is 0. The third kappa shape index (κ3) is 6.59. The minimum Gasteiger partial charge on any atom is -0.480 e. The summed E-state index contributed by atoms with van der Waals surface area (Å²) in [5.41, 5.74) is 8.22. The Morgan fingerprint density at radius 1 is 1.12 bits per heavy atom. The van der Waals surface area contributed by atoms with Gasteiger partial charge in [0.05, 0.1) is 12.4 Å². The van der Waals surface area contributed by atoms with Crippen molar-refractivity contribution < 1.29 is 19.5 Å². The summed E-state index contributed by atoms with van der Waals surface area (Å²) in [6.07, 6.45) is 7.33. The van der Waals surface area contributed by atoms with Gasteiger partial charge in [-0.05, 0) is 30.1 Å². The number of fused-ring (bicyclic) bond motifs is 1. The molecule has 0 aliphatic carbocycles. The fourth-order valence-electron chi connectivity index (χ4n) is 3.47. The number of carboxylic acid groups (broad SMARTS) is 1. The molecule has 176 valence electrons. The number of imidazole rings is 1. The summed E-state index contributed by atoms with van der Waals surface area (Å²) in [4.78, 5) is 47.5. The van der Waals surface area contributed by atoms with E-state index < -0.39 is 35.9 Å². The Balaban J connectivity index is 1.73. The van der Waals surface area contributed by atoms with Crippen LogP contribution in [0.25, 0.3) is 10.9 Å². The SMILES string of the molecule is CSCCC(N)C(=O)NC(Cc1cnc[nH]1)C(=O)NC(Cc1c[nH]c2ccccc12)C(=O)O. The fourth-order valence-corrected chi connectivity index (χ4v) is 3.96. The van der Waals surface area contributed by atoms with E-state index in [0.717, 1.165) is 16.5 Å². The molecule has 0 aliphatic rings. The van der Waals surface area contributed by atoms with Crippen LogP contribution in [0.1, 0.15) is 17.7 Å². The molecule has 3 atom stereocenters. The van der Waals surface area contributed by atoms with Gasteiger partial charge >= 0.3 is 5.97 Å². The molecule has 0 saturated heterocycles. The number of nitrogens with zero attached hydrogens (tertiary/aromatic N) is 1. The number of carboxylic acids is 1. The number of thioether (sulfide) groups is 1. The second-order valence-electron chi connectivity index (χ2n) is 7.69. The number of amides is 2. The highest BCUT2D eigenvalue weighted by Crippen LogP contribution is 2.19. The van der Waals surface area contributed by atoms with Gasteiger partial charge in [-0.25, -0.2) is 9.78 Å². The van der Waals surface area contributed by atoms with Crippen LogP contribution in [0, 0.1) is 0 Å². The van der Waals surface area contributed by atoms with E-state index in [1.807, 2.05) is 30.5 Å². The molecule has 11 heteroatoms. The van der Waals surface area contributed by atoms with Crippen LogP contribution in [-0.4, -0.2) is 68.0 Å². The average molecular weight is 473 g/mol. The van der Waals surface area contributed by atoms with Crippen molar-refractivity contribution in [3.63, 3.8) is 0 Å². The first-order valence-corrected chi connectivity index (χ1v) is 11.9. The van der Waals surface area contributed by atoms with Crippen LogP contribution in [-0.2, 0) is 27.2 Å². The number of nitrogens with one attached hydrogen (secondary N) is 4. The summed E-state index contributed by atoms with van der Waals surface area (Å²) in [6, 6.07) is 4.57. The van der Waals surface area contributed by atoms with Gasteiger partial charge in [0.1, 0.15) is 12.1 Å². The second-order valence-corrected chi connectivity index (χ2v) is 8.68. The van der Waals surface area contributed by atoms with E-state index in [1.165, 1.54) is 6.33 Å². The Kier molecular flexibility index (Phi) is 8.50. The van der Waals surface area contributed by atoms with Gasteiger partial charge in [-0.15, -0.1) is 0 Å². The van der Waals surface area contributed by atoms with E-state index in [2.05, 4.69) is 25.6 Å². The van der Waals surface area contributed by atoms with E-state index in [4.69, 9.17) is 5.73 Å². The van der Waals surface area contributed by atoms with Gasteiger partial charge in [-0.1, -0.05) is 18.2 Å². The maximum Gasteiger partial charge on any atom is 0.326 e. The predicted molar refractivity (Wildman–Crippen MR) is 127 cm³/mol. The highest BCUT2D eigenvalue weighted by molar-refractivity contribution is 7.98. The number of aromatic nitrogens is 3. The number of hydrogen-bond donors (Lipinski definition) is 6. The molecule has 33 heavy (non-hydrogen) atoms. The lowest BCUT2D eigenvalue weighted by Crippen LogP contribution is -2.55. The largest absolute Gasteiger partial charge is 0.480 e. The predicted octanol–water partition coefficient (Wildman–Crippen LogP) is 0.811. The quantitative estimate of drug-likeness (QED) is 0.227. The molecule has 0 fully saturated rings. The van der Waals surface area contributed by atoms with Gasteiger partial charge in [0, 0.05) is 41.8 Å². The van der Waals surface area contributed by atoms with Crippen molar-refractivity contribution in [1.82, 2.24) is 25.6 Å². The molecule has 0 saturated carbocycles. The summed E-state index contributed by atoms with van der Waals surface area (Å²) >= 11 is 1.57. The van der Waals surface area contributed by atoms with Gasteiger partial charge in [-0.3, -0.25) is 9.59 Å². The van der Waals surface area contributed by atoms with E-state index in [0.29, 0.717) is 17.9 Å². The lowest BCUT2D eigenvalue weighted by atomic mass is 10.0. The molecule has 1 aromatic carbocycles. The molecular formula is C22H28N6O4S. The van der Waals surface area contributed by atoms with Crippen molar-refractivity contribution in [2.24, 2.45) is 5.73 Å². The van der Waals surface area contributed by atoms with Crippen LogP contribution in [0.4, 0.5) is 0 Å². The Bertz CT molecular complexity index is 1080. The summed E-state index contributed by atoms with van der Waals surface area (Å²) in [5, 5.41) is 15.9. The lowest BCUT2D eigenvalue weighted by Gasteiger charge is -2.22. The molecule has 7 N–H and O–H groups in total. The Labute approximate surface area is 195 Å². The highest BCUT2D eigenvalue weighted by Gasteiger charge is 2.29. The molecule has 2 amide bonds. The van der Waals surface area contributed by atoms with Gasteiger partial charge < -0.3 is 31.4 Å². The Morgan fingerprint density at radius 3 is 2.58 bits per heavy atom. The summed E-state index contributed by atoms with van der Waals surface area (Å²) in [5.74, 6) is -1.54. The molecule has 3 unspecified atom stereocenters. The lowest BCUT2D eigenvalue weighted by molar-refractivity contribution is -0.142. The number of para-hydroxylation sites is 1. The van der Waals surface area contributed by atoms with Gasteiger partial charge in [0.25, 0.3) is 0 Å². The van der Waals surface area contributed by atoms with Crippen LogP contribution >= 0.6 is 11.8 Å². The number of carbonyl (C=O) groups is 3. The topological polar surface area (TPSA) is 166 Å². The minimum absolute atomic E-state index is 0.0864. The van der Waals surface area contributed by atoms with Gasteiger partial charge in [-0.2, -0.15) is 11.8 Å². The number of aliphatic carboxylic acids is 1. The maximum atomic E-state index is 13.1. The van der Waals surface area contributed by atoms with Crippen molar-refractivity contribution in [1.29, 1.82) is 0 Å². The molecule has 3 rings (SSSR count). The number of nitrogens with two attached hydrogens (primary N) is 1. The monoisotopic (exact) mass is 472 g/mol. The standard InChI is InChI=1S/C22H28N6O4S/c1-33-7-6-16(23)20(29)27-18(9-14-11-24-12-26-14)21(30)28-19(22(31)32)8-13-10-25-17-5-3-2-4-15(13)17/h2-5,10-12,16,18-19,25H,6-9,23H2,1H3,(H,24,26)(H,27,29)(H,28,30)(H,31,32). The van der Waals surface area contributed by atoms with Crippen molar-refractivity contribution in [2.75, 3.05) is 12.0 Å². The number of H-pyrrole nitrogens is 2. The van der Waals surface area contributed by atoms with Crippen molar-refractivity contribution in [2.45, 2.75) is 37.4 Å². The van der Waals surface area contributed by atoms with Crippen LogP contribution in [0.3, 0.4) is 0 Å². The molecule has 2 heterocycles. The third-order valence-electron chi connectivity index (χ3n) is 5.30. The molecule has 3 aromatic rings. The molecule has 10 nitrogen and oxygen atoms in total. The normalized spacial score (nSPS) is 13.9. The number of hydrogen-bond acceptors (Lipinski definition) is 6. The maximum absolute atomic E-state index is 13.1. The fraction of sp³-hybridized carbons (Fsp3) is 0.364. The Morgan fingerprint density at radius 2 is 1.88 bits per heavy atom. The van der Waals surface area contributed by atoms with Crippen molar-refractivity contribution in [3.8, 4) is 0 Å². The average Bonchev–Trinajstić information content (AvgIpc) is 3.46. The Hall–Kier alpha value is -3.31. The van der Waals surface area contributed by atoms with Gasteiger partial charge in [0.15, 0.2) is 0 Å². The first-order chi connectivity index (χ1) is 15.9. The smallest absolute Gasteiger partial charge is 0.326 e. The zero-order chi connectivity index (χ0) is 23.8. The second kappa shape index (κ2) is 11.5. The summed E-state index contributed by atoms with van der Waals surface area (Å²) < 4.78 is 0. The van der Waals surface area contributed by atoms with Crippen LogP contribution in [0.15, 0.2) is 43.0 Å². The highest BCUT2D eigenvalue weighted by atomic mass is 32.2. The van der Waals surface area contributed by atoms with E-state index in [-0.39, 0.29) is 12.8 Å². The molecule has 0 bridgehead atoms. The number of rotatable bonds is 12. The summed E-state index contributed by atoms with van der Waals surface area (Å²) in [6.45, 7) is 0. The van der Waals surface area contributed by atoms with E-state index >= 15 is 0 Å². The van der Waals surface area contributed by atoms with Crippen LogP contribution in [0.2, 0.25) is 0 Å². The number of carbonyl (C=O) groups excluding carboxylic acids is 2. The number of benzene rings is 1. The van der Waals surface area contributed by atoms with E-state index in [1.54, 1.807) is 24.2 Å². The molecule has 0 spiro atoms. The zero-order valence-corrected chi connectivity index (χ0v) is 19.0. The zero-order valence-electron chi connectivity index (χ0n) is 18.2. The van der Waals surface area contributed by atoms with Crippen LogP contribution < -0.4 is 16.4 Å². The minimum atomic E-state index is -1.18. The van der Waals surface area contributed by atoms with E-state index in [9.17, 15) is 19.5 Å². The third-order valence-corrected chi connectivity index (χ3v) is 5.94. The molecular weight excluding hydrogens is 444 g/mol. The molecule has 0 aliphatic heterocycles. The van der Waals surface area contributed by atoms with Crippen molar-refractivity contribution in [3.05, 3.63) is 54.2 Å². The molecule has 0 radical (unpaired) electrons. The van der Waals surface area contributed by atoms with Crippen molar-refractivity contribution >= 4 is 40.4 Å². The first-order valence-electron chi connectivity index (χ1n) is 10.5. The van der Waals surface area contributed by atoms with Crippen LogP contribution in [0.5, 0.6) is 0 Å². The number of aromatic amines is 2. The van der Waals surface area contributed by atoms with Gasteiger partial charge in [0.2, 0.25) is 11.8 Å².